The van der Waals surface area contributed by atoms with Crippen molar-refractivity contribution in [3.63, 3.8) is 0 Å². The molecular formula is C18H25F2NO2. The van der Waals surface area contributed by atoms with Crippen LogP contribution in [-0.4, -0.2) is 30.0 Å². The van der Waals surface area contributed by atoms with Crippen LogP contribution in [0, 0.1) is 17.0 Å². The third kappa shape index (κ3) is 5.27. The molecule has 2 rings (SSSR count). The second kappa shape index (κ2) is 7.39. The zero-order valence-corrected chi connectivity index (χ0v) is 14.1. The Kier molecular flexibility index (Phi) is 5.74. The van der Waals surface area contributed by atoms with E-state index in [0.29, 0.717) is 13.0 Å². The van der Waals surface area contributed by atoms with E-state index in [9.17, 15) is 13.6 Å². The first kappa shape index (κ1) is 17.9. The van der Waals surface area contributed by atoms with Crippen LogP contribution in [0.4, 0.5) is 8.78 Å². The number of ether oxygens (including phenoxy) is 1. The fraction of sp³-hybridized carbons (Fsp3) is 0.611. The average Bonchev–Trinajstić information content (AvgIpc) is 2.47. The summed E-state index contributed by atoms with van der Waals surface area (Å²) in [6.07, 6.45) is 2.07. The van der Waals surface area contributed by atoms with Crippen molar-refractivity contribution >= 4 is 5.91 Å². The zero-order valence-electron chi connectivity index (χ0n) is 14.1. The molecular weight excluding hydrogens is 300 g/mol. The van der Waals surface area contributed by atoms with Crippen molar-refractivity contribution in [2.75, 3.05) is 13.1 Å². The van der Waals surface area contributed by atoms with Crippen LogP contribution < -0.4 is 0 Å². The van der Waals surface area contributed by atoms with Gasteiger partial charge in [0.05, 0.1) is 12.7 Å². The van der Waals surface area contributed by atoms with Crippen molar-refractivity contribution in [3.05, 3.63) is 35.4 Å². The molecule has 1 aliphatic heterocycles. The average molecular weight is 325 g/mol. The Labute approximate surface area is 136 Å². The molecule has 1 fully saturated rings. The highest BCUT2D eigenvalue weighted by atomic mass is 19.2. The lowest BCUT2D eigenvalue weighted by molar-refractivity contribution is -0.137. The summed E-state index contributed by atoms with van der Waals surface area (Å²) in [6, 6.07) is 4.08. The lowest BCUT2D eigenvalue weighted by Gasteiger charge is -2.34. The monoisotopic (exact) mass is 325 g/mol. The quantitative estimate of drug-likeness (QED) is 0.840. The Balaban J connectivity index is 1.89. The molecule has 0 N–H and O–H groups in total. The van der Waals surface area contributed by atoms with Crippen LogP contribution in [0.1, 0.15) is 45.6 Å². The fourth-order valence-corrected chi connectivity index (χ4v) is 2.73. The Bertz CT molecular complexity index is 554. The van der Waals surface area contributed by atoms with Gasteiger partial charge in [-0.25, -0.2) is 8.78 Å². The lowest BCUT2D eigenvalue weighted by atomic mass is 9.91. The molecule has 1 aromatic carbocycles. The van der Waals surface area contributed by atoms with E-state index < -0.39 is 11.6 Å². The number of likely N-dealkylation sites (tertiary alicyclic amines) is 1. The topological polar surface area (TPSA) is 29.5 Å². The maximum Gasteiger partial charge on any atom is 0.223 e. The highest BCUT2D eigenvalue weighted by molar-refractivity contribution is 5.76. The molecule has 0 unspecified atom stereocenters. The van der Waals surface area contributed by atoms with Gasteiger partial charge in [0.1, 0.15) is 0 Å². The first-order chi connectivity index (χ1) is 10.8. The number of piperidine rings is 1. The van der Waals surface area contributed by atoms with Gasteiger partial charge in [0.15, 0.2) is 11.6 Å². The number of nitrogens with zero attached hydrogens (tertiary/aromatic N) is 1. The first-order valence-corrected chi connectivity index (χ1v) is 8.08. The highest BCUT2D eigenvalue weighted by Gasteiger charge is 2.27. The Morgan fingerprint density at radius 1 is 1.35 bits per heavy atom. The molecule has 0 bridgehead atoms. The summed E-state index contributed by atoms with van der Waals surface area (Å²) in [6.45, 7) is 7.39. The van der Waals surface area contributed by atoms with Crippen LogP contribution in [0.5, 0.6) is 0 Å². The molecule has 3 nitrogen and oxygen atoms in total. The number of benzene rings is 1. The van der Waals surface area contributed by atoms with Gasteiger partial charge in [0, 0.05) is 25.1 Å². The number of carbonyl (C=O) groups is 1. The summed E-state index contributed by atoms with van der Waals surface area (Å²) in [5.41, 5.74) is 0.165. The predicted molar refractivity (Wildman–Crippen MR) is 84.8 cm³/mol. The molecule has 0 saturated carbocycles. The van der Waals surface area contributed by atoms with Crippen LogP contribution in [0.3, 0.4) is 0 Å². The molecule has 5 heteroatoms. The summed E-state index contributed by atoms with van der Waals surface area (Å²) < 4.78 is 32.5. The van der Waals surface area contributed by atoms with E-state index in [1.165, 1.54) is 12.1 Å². The van der Waals surface area contributed by atoms with Gasteiger partial charge in [-0.2, -0.15) is 0 Å². The maximum absolute atomic E-state index is 13.6. The maximum atomic E-state index is 13.6. The van der Waals surface area contributed by atoms with Crippen LogP contribution >= 0.6 is 0 Å². The second-order valence-electron chi connectivity index (χ2n) is 7.37. The predicted octanol–water partition coefficient (Wildman–Crippen LogP) is 3.91. The van der Waals surface area contributed by atoms with Crippen molar-refractivity contribution in [1.29, 1.82) is 0 Å². The Morgan fingerprint density at radius 3 is 2.78 bits per heavy atom. The number of amides is 1. The summed E-state index contributed by atoms with van der Waals surface area (Å²) >= 11 is 0. The first-order valence-electron chi connectivity index (χ1n) is 8.08. The molecule has 0 spiro atoms. The minimum absolute atomic E-state index is 0.0234. The van der Waals surface area contributed by atoms with Crippen molar-refractivity contribution in [2.24, 2.45) is 5.41 Å². The van der Waals surface area contributed by atoms with Gasteiger partial charge in [0.25, 0.3) is 0 Å². The molecule has 23 heavy (non-hydrogen) atoms. The molecule has 128 valence electrons. The van der Waals surface area contributed by atoms with Gasteiger partial charge >= 0.3 is 0 Å². The summed E-state index contributed by atoms with van der Waals surface area (Å²) in [7, 11) is 0. The molecule has 1 atom stereocenters. The third-order valence-electron chi connectivity index (χ3n) is 3.92. The van der Waals surface area contributed by atoms with Gasteiger partial charge in [-0.05, 0) is 24.3 Å². The molecule has 1 amide bonds. The third-order valence-corrected chi connectivity index (χ3v) is 3.92. The summed E-state index contributed by atoms with van der Waals surface area (Å²) in [5, 5.41) is 0. The van der Waals surface area contributed by atoms with Crippen LogP contribution in [0.25, 0.3) is 0 Å². The van der Waals surface area contributed by atoms with E-state index in [2.05, 4.69) is 0 Å². The number of hydrogen-bond acceptors (Lipinski definition) is 2. The van der Waals surface area contributed by atoms with Crippen molar-refractivity contribution < 1.29 is 18.3 Å². The van der Waals surface area contributed by atoms with E-state index in [0.717, 1.165) is 25.5 Å². The summed E-state index contributed by atoms with van der Waals surface area (Å²) in [4.78, 5) is 14.1. The van der Waals surface area contributed by atoms with Gasteiger partial charge in [-0.15, -0.1) is 0 Å². The smallest absolute Gasteiger partial charge is 0.223 e. The van der Waals surface area contributed by atoms with E-state index in [1.54, 1.807) is 0 Å². The second-order valence-corrected chi connectivity index (χ2v) is 7.37. The van der Waals surface area contributed by atoms with E-state index in [4.69, 9.17) is 4.74 Å². The normalized spacial score (nSPS) is 19.0. The molecule has 0 aromatic heterocycles. The van der Waals surface area contributed by atoms with Gasteiger partial charge in [0.2, 0.25) is 5.91 Å². The van der Waals surface area contributed by atoms with Gasteiger partial charge < -0.3 is 9.64 Å². The molecule has 1 saturated heterocycles. The van der Waals surface area contributed by atoms with E-state index in [1.807, 2.05) is 25.7 Å². The largest absolute Gasteiger partial charge is 0.372 e. The van der Waals surface area contributed by atoms with Crippen LogP contribution in [0.2, 0.25) is 0 Å². The minimum Gasteiger partial charge on any atom is -0.372 e. The molecule has 0 radical (unpaired) electrons. The number of rotatable bonds is 4. The van der Waals surface area contributed by atoms with Gasteiger partial charge in [-0.3, -0.25) is 4.79 Å². The van der Waals surface area contributed by atoms with Crippen molar-refractivity contribution in [2.45, 2.75) is 52.7 Å². The molecule has 1 heterocycles. The lowest BCUT2D eigenvalue weighted by Crippen LogP contribution is -2.44. The molecule has 1 aliphatic rings. The highest BCUT2D eigenvalue weighted by Crippen LogP contribution is 2.23. The number of hydrogen-bond donors (Lipinski definition) is 0. The Hall–Kier alpha value is -1.49. The molecule has 0 aliphatic carbocycles. The Morgan fingerprint density at radius 2 is 2.09 bits per heavy atom. The number of halogens is 2. The van der Waals surface area contributed by atoms with Crippen LogP contribution in [-0.2, 0) is 16.1 Å². The summed E-state index contributed by atoms with van der Waals surface area (Å²) in [5.74, 6) is -1.59. The standard InChI is InChI=1S/C18H25F2NO2/c1-18(2,3)10-16(22)21-9-5-7-14(11-21)23-12-13-6-4-8-15(19)17(13)20/h4,6,8,14H,5,7,9-12H2,1-3H3/t14-/m1/s1. The van der Waals surface area contributed by atoms with Crippen molar-refractivity contribution in [1.82, 2.24) is 4.90 Å². The van der Waals surface area contributed by atoms with E-state index >= 15 is 0 Å². The minimum atomic E-state index is -0.864. The fourth-order valence-electron chi connectivity index (χ4n) is 2.73. The SMILES string of the molecule is CC(C)(C)CC(=O)N1CCC[C@@H](OCc2cccc(F)c2F)C1. The molecule has 1 aromatic rings. The number of carbonyl (C=O) groups excluding carboxylic acids is 1. The van der Waals surface area contributed by atoms with Gasteiger partial charge in [-0.1, -0.05) is 32.9 Å². The van der Waals surface area contributed by atoms with Crippen molar-refractivity contribution in [3.8, 4) is 0 Å². The zero-order chi connectivity index (χ0) is 17.0. The van der Waals surface area contributed by atoms with E-state index in [-0.39, 0.29) is 29.6 Å². The van der Waals surface area contributed by atoms with Crippen LogP contribution in [0.15, 0.2) is 18.2 Å².